The van der Waals surface area contributed by atoms with Crippen LogP contribution in [-0.2, 0) is 33.3 Å². The first-order valence-corrected chi connectivity index (χ1v) is 11.7. The number of carbonyl (C=O) groups excluding carboxylic acids is 2. The third kappa shape index (κ3) is 5.76. The van der Waals surface area contributed by atoms with Gasteiger partial charge in [0.2, 0.25) is 5.91 Å². The minimum Gasteiger partial charge on any atom is -0.492 e. The van der Waals surface area contributed by atoms with E-state index in [1.807, 2.05) is 0 Å². The molecule has 0 radical (unpaired) electrons. The molecule has 3 heterocycles. The lowest BCUT2D eigenvalue weighted by Gasteiger charge is -2.36. The molecule has 4 rings (SSSR count). The molecule has 3 saturated heterocycles. The van der Waals surface area contributed by atoms with E-state index in [1.165, 1.54) is 0 Å². The van der Waals surface area contributed by atoms with Gasteiger partial charge < -0.3 is 28.4 Å². The van der Waals surface area contributed by atoms with Crippen molar-refractivity contribution < 1.29 is 38.0 Å². The summed E-state index contributed by atoms with van der Waals surface area (Å²) in [6, 6.07) is 4.89. The van der Waals surface area contributed by atoms with Crippen molar-refractivity contribution in [2.24, 2.45) is 0 Å². The number of rotatable bonds is 6. The van der Waals surface area contributed by atoms with Crippen molar-refractivity contribution in [3.63, 3.8) is 0 Å². The molecule has 34 heavy (non-hydrogen) atoms. The van der Waals surface area contributed by atoms with Crippen LogP contribution in [0.2, 0.25) is 10.0 Å². The highest BCUT2D eigenvalue weighted by molar-refractivity contribution is 6.35. The molecular formula is C22H28Cl2N2O8. The van der Waals surface area contributed by atoms with Gasteiger partial charge in [-0.3, -0.25) is 20.4 Å². The highest BCUT2D eigenvalue weighted by Crippen LogP contribution is 2.44. The molecule has 2 N–H and O–H groups in total. The molecule has 0 bridgehead atoms. The number of hydrazine groups is 1. The summed E-state index contributed by atoms with van der Waals surface area (Å²) in [6.07, 6.45) is -3.21. The SMILES string of the molecule is CC1(C)O[C@@H]2[C@@H](O1)[C@@H](C(=O)NNC(=O)CCCOc1ccc(Cl)cc1Cl)O[C@H]1OC(C)(C)O[C@@H]12. The van der Waals surface area contributed by atoms with E-state index in [0.29, 0.717) is 22.2 Å². The van der Waals surface area contributed by atoms with Crippen LogP contribution in [0.1, 0.15) is 40.5 Å². The fourth-order valence-corrected chi connectivity index (χ4v) is 4.56. The maximum atomic E-state index is 12.9. The van der Waals surface area contributed by atoms with Crippen molar-refractivity contribution in [2.75, 3.05) is 6.61 Å². The fraction of sp³-hybridized carbons (Fsp3) is 0.636. The van der Waals surface area contributed by atoms with Crippen molar-refractivity contribution in [1.82, 2.24) is 10.9 Å². The van der Waals surface area contributed by atoms with Crippen molar-refractivity contribution in [2.45, 2.75) is 82.8 Å². The summed E-state index contributed by atoms with van der Waals surface area (Å²) in [4.78, 5) is 25.0. The highest BCUT2D eigenvalue weighted by atomic mass is 35.5. The summed E-state index contributed by atoms with van der Waals surface area (Å²) < 4.78 is 35.0. The molecule has 3 fully saturated rings. The Morgan fingerprint density at radius 1 is 0.971 bits per heavy atom. The maximum Gasteiger partial charge on any atom is 0.270 e. The van der Waals surface area contributed by atoms with Crippen LogP contribution in [0.5, 0.6) is 5.75 Å². The van der Waals surface area contributed by atoms with Crippen molar-refractivity contribution >= 4 is 35.0 Å². The standard InChI is InChI=1S/C22H28Cl2N2O8/c1-21(2)31-15-16(32-21)18-20(34-22(3,4)33-18)30-17(15)19(28)26-25-14(27)6-5-9-29-13-8-7-11(23)10-12(13)24/h7-8,10,15-18,20H,5-6,9H2,1-4H3,(H,25,27)(H,26,28)/t15-,16-,17+,18-,20+/m1/s1. The van der Waals surface area contributed by atoms with Crippen LogP contribution < -0.4 is 15.6 Å². The molecule has 5 atom stereocenters. The van der Waals surface area contributed by atoms with Gasteiger partial charge in [0.25, 0.3) is 5.91 Å². The van der Waals surface area contributed by atoms with Gasteiger partial charge in [-0.2, -0.15) is 0 Å². The topological polar surface area (TPSA) is 114 Å². The van der Waals surface area contributed by atoms with E-state index in [0.717, 1.165) is 0 Å². The lowest BCUT2D eigenvalue weighted by molar-refractivity contribution is -0.231. The van der Waals surface area contributed by atoms with E-state index in [1.54, 1.807) is 45.9 Å². The molecule has 0 unspecified atom stereocenters. The molecule has 188 valence electrons. The molecule has 1 aromatic carbocycles. The Labute approximate surface area is 207 Å². The van der Waals surface area contributed by atoms with Gasteiger partial charge in [0.15, 0.2) is 24.0 Å². The van der Waals surface area contributed by atoms with Gasteiger partial charge in [0.1, 0.15) is 24.1 Å². The summed E-state index contributed by atoms with van der Waals surface area (Å²) >= 11 is 11.9. The molecule has 0 aliphatic carbocycles. The highest BCUT2D eigenvalue weighted by Gasteiger charge is 2.62. The normalized spacial score (nSPS) is 30.8. The van der Waals surface area contributed by atoms with Gasteiger partial charge in [0.05, 0.1) is 11.6 Å². The molecule has 3 aliphatic heterocycles. The van der Waals surface area contributed by atoms with Gasteiger partial charge in [-0.1, -0.05) is 23.2 Å². The average molecular weight is 519 g/mol. The number of carbonyl (C=O) groups is 2. The minimum atomic E-state index is -1.07. The number of fused-ring (bicyclic) bond motifs is 3. The number of benzene rings is 1. The Morgan fingerprint density at radius 3 is 2.38 bits per heavy atom. The Kier molecular flexibility index (Phi) is 7.31. The van der Waals surface area contributed by atoms with Crippen molar-refractivity contribution in [3.05, 3.63) is 28.2 Å². The Morgan fingerprint density at radius 2 is 1.65 bits per heavy atom. The summed E-state index contributed by atoms with van der Waals surface area (Å²) in [5.41, 5.74) is 4.78. The van der Waals surface area contributed by atoms with Crippen molar-refractivity contribution in [1.29, 1.82) is 0 Å². The average Bonchev–Trinajstić information content (AvgIpc) is 3.23. The first-order valence-electron chi connectivity index (χ1n) is 11.0. The maximum absolute atomic E-state index is 12.9. The second-order valence-corrected chi connectivity index (χ2v) is 10.00. The van der Waals surface area contributed by atoms with Crippen LogP contribution in [0.4, 0.5) is 0 Å². The van der Waals surface area contributed by atoms with E-state index < -0.39 is 54.1 Å². The number of amides is 2. The number of hydrogen-bond acceptors (Lipinski definition) is 8. The number of nitrogens with one attached hydrogen (secondary N) is 2. The molecule has 1 aromatic rings. The van der Waals surface area contributed by atoms with Gasteiger partial charge in [0, 0.05) is 11.4 Å². The quantitative estimate of drug-likeness (QED) is 0.436. The Balaban J connectivity index is 1.26. The summed E-state index contributed by atoms with van der Waals surface area (Å²) in [5, 5.41) is 0.892. The first kappa shape index (κ1) is 25.4. The van der Waals surface area contributed by atoms with Crippen LogP contribution in [0.15, 0.2) is 18.2 Å². The fourth-order valence-electron chi connectivity index (χ4n) is 4.10. The molecule has 0 spiro atoms. The number of ether oxygens (including phenoxy) is 6. The second kappa shape index (κ2) is 9.77. The lowest BCUT2D eigenvalue weighted by Crippen LogP contribution is -2.61. The number of hydrogen-bond donors (Lipinski definition) is 2. The zero-order chi connectivity index (χ0) is 24.7. The van der Waals surface area contributed by atoms with Crippen LogP contribution in [0, 0.1) is 0 Å². The monoisotopic (exact) mass is 518 g/mol. The summed E-state index contributed by atoms with van der Waals surface area (Å²) in [5.74, 6) is -2.33. The van der Waals surface area contributed by atoms with E-state index in [9.17, 15) is 9.59 Å². The number of halogens is 2. The van der Waals surface area contributed by atoms with Crippen LogP contribution >= 0.6 is 23.2 Å². The van der Waals surface area contributed by atoms with Crippen LogP contribution in [0.25, 0.3) is 0 Å². The van der Waals surface area contributed by atoms with E-state index in [-0.39, 0.29) is 13.0 Å². The molecule has 12 heteroatoms. The molecule has 10 nitrogen and oxygen atoms in total. The first-order chi connectivity index (χ1) is 15.9. The minimum absolute atomic E-state index is 0.117. The van der Waals surface area contributed by atoms with Gasteiger partial charge in [-0.15, -0.1) is 0 Å². The third-order valence-corrected chi connectivity index (χ3v) is 5.97. The Bertz CT molecular complexity index is 943. The lowest BCUT2D eigenvalue weighted by atomic mass is 9.98. The largest absolute Gasteiger partial charge is 0.492 e. The zero-order valence-electron chi connectivity index (χ0n) is 19.3. The van der Waals surface area contributed by atoms with E-state index >= 15 is 0 Å². The van der Waals surface area contributed by atoms with E-state index in [2.05, 4.69) is 10.9 Å². The van der Waals surface area contributed by atoms with Crippen LogP contribution in [0.3, 0.4) is 0 Å². The smallest absolute Gasteiger partial charge is 0.270 e. The predicted molar refractivity (Wildman–Crippen MR) is 120 cm³/mol. The van der Waals surface area contributed by atoms with Crippen LogP contribution in [-0.4, -0.2) is 60.7 Å². The summed E-state index contributed by atoms with van der Waals surface area (Å²) in [6.45, 7) is 7.26. The molecule has 0 saturated carbocycles. The van der Waals surface area contributed by atoms with E-state index in [4.69, 9.17) is 51.6 Å². The van der Waals surface area contributed by atoms with Gasteiger partial charge in [-0.25, -0.2) is 0 Å². The third-order valence-electron chi connectivity index (χ3n) is 5.44. The second-order valence-electron chi connectivity index (χ2n) is 9.15. The summed E-state index contributed by atoms with van der Waals surface area (Å²) in [7, 11) is 0. The zero-order valence-corrected chi connectivity index (χ0v) is 20.8. The van der Waals surface area contributed by atoms with Gasteiger partial charge in [-0.05, 0) is 52.3 Å². The molecule has 3 aliphatic rings. The van der Waals surface area contributed by atoms with Gasteiger partial charge >= 0.3 is 0 Å². The molecule has 2 amide bonds. The Hall–Kier alpha value is -1.66. The molecular weight excluding hydrogens is 491 g/mol. The molecule has 0 aromatic heterocycles. The van der Waals surface area contributed by atoms with Crippen molar-refractivity contribution in [3.8, 4) is 5.75 Å². The predicted octanol–water partition coefficient (Wildman–Crippen LogP) is 2.70.